The summed E-state index contributed by atoms with van der Waals surface area (Å²) in [6, 6.07) is 4.13. The van der Waals surface area contributed by atoms with Crippen molar-refractivity contribution in [3.05, 3.63) is 76.9 Å². The quantitative estimate of drug-likeness (QED) is 0.411. The lowest BCUT2D eigenvalue weighted by molar-refractivity contribution is -0.137. The van der Waals surface area contributed by atoms with E-state index in [1.54, 1.807) is 24.3 Å². The summed E-state index contributed by atoms with van der Waals surface area (Å²) in [4.78, 5) is 38.6. The van der Waals surface area contributed by atoms with Crippen LogP contribution in [0.25, 0.3) is 6.08 Å². The number of carbonyl (C=O) groups is 3. The fraction of sp³-hybridized carbons (Fsp3) is 0.387. The average molecular weight is 532 g/mol. The summed E-state index contributed by atoms with van der Waals surface area (Å²) in [5.41, 5.74) is 4.07. The van der Waals surface area contributed by atoms with Gasteiger partial charge in [-0.1, -0.05) is 37.3 Å². The van der Waals surface area contributed by atoms with E-state index in [-0.39, 0.29) is 30.4 Å². The number of carboxylic acid groups (broad SMARTS) is 1. The van der Waals surface area contributed by atoms with Crippen molar-refractivity contribution < 1.29 is 24.2 Å². The van der Waals surface area contributed by atoms with Crippen LogP contribution in [0.15, 0.2) is 65.8 Å². The molecule has 1 aromatic carbocycles. The number of aliphatic carboxylic acids is 1. The molecule has 8 nitrogen and oxygen atoms in total. The van der Waals surface area contributed by atoms with E-state index in [2.05, 4.69) is 42.4 Å². The number of ether oxygens (including phenoxy) is 1. The van der Waals surface area contributed by atoms with Crippen LogP contribution in [-0.2, 0) is 14.4 Å². The summed E-state index contributed by atoms with van der Waals surface area (Å²) in [7, 11) is 0. The summed E-state index contributed by atoms with van der Waals surface area (Å²) < 4.78 is 6.02. The van der Waals surface area contributed by atoms with E-state index in [1.165, 1.54) is 5.56 Å². The molecule has 3 N–H and O–H groups in total. The number of allylic oxidation sites excluding steroid dienone is 6. The highest BCUT2D eigenvalue weighted by Gasteiger charge is 2.37. The Balaban J connectivity index is 1.40. The number of rotatable bonds is 9. The van der Waals surface area contributed by atoms with Gasteiger partial charge in [-0.25, -0.2) is 0 Å². The lowest BCUT2D eigenvalue weighted by Crippen LogP contribution is -2.49. The molecule has 206 valence electrons. The molecule has 0 fully saturated rings. The second-order valence-electron chi connectivity index (χ2n) is 10.7. The van der Waals surface area contributed by atoms with Gasteiger partial charge in [-0.3, -0.25) is 14.4 Å². The lowest BCUT2D eigenvalue weighted by Gasteiger charge is -2.48. The molecule has 4 rings (SSSR count). The van der Waals surface area contributed by atoms with E-state index in [9.17, 15) is 14.4 Å². The molecule has 0 spiro atoms. The smallest absolute Gasteiger partial charge is 0.303 e. The van der Waals surface area contributed by atoms with Crippen molar-refractivity contribution in [1.29, 1.82) is 0 Å². The fourth-order valence-electron chi connectivity index (χ4n) is 5.38. The highest BCUT2D eigenvalue weighted by molar-refractivity contribution is 5.99. The molecule has 2 heterocycles. The van der Waals surface area contributed by atoms with E-state index in [0.29, 0.717) is 43.1 Å². The van der Waals surface area contributed by atoms with Crippen molar-refractivity contribution in [2.24, 2.45) is 0 Å². The number of fused-ring (bicyclic) bond motifs is 2. The predicted molar refractivity (Wildman–Crippen MR) is 153 cm³/mol. The number of hydrogen-bond acceptors (Lipinski definition) is 5. The summed E-state index contributed by atoms with van der Waals surface area (Å²) in [6.45, 7) is 7.99. The number of anilines is 1. The van der Waals surface area contributed by atoms with Crippen molar-refractivity contribution in [3.8, 4) is 5.75 Å². The van der Waals surface area contributed by atoms with Gasteiger partial charge in [0.15, 0.2) is 0 Å². The van der Waals surface area contributed by atoms with Crippen LogP contribution in [0, 0.1) is 0 Å². The largest absolute Gasteiger partial charge is 0.488 e. The molecule has 0 saturated carbocycles. The second kappa shape index (κ2) is 12.2. The zero-order valence-electron chi connectivity index (χ0n) is 22.8. The summed E-state index contributed by atoms with van der Waals surface area (Å²) >= 11 is 0. The van der Waals surface area contributed by atoms with Gasteiger partial charge in [0.05, 0.1) is 5.57 Å². The van der Waals surface area contributed by atoms with Crippen molar-refractivity contribution in [2.45, 2.75) is 51.5 Å². The van der Waals surface area contributed by atoms with Gasteiger partial charge in [-0.2, -0.15) is 0 Å². The standard InChI is InChI=1S/C31H37N3O5/c1-21-19-31(2,3)34(15-9-12-28(35)36)26-18-27-23(17-25(21)26)16-24(20-39-27)30(38)33-14-13-32-29(37)22-10-7-5-4-6-8-11-22/h4-8,10-11,16-18,21H,9,12-15,19-20H2,1-3H3,(H,32,37)(H,33,38)(H,35,36)/b5-4-,6-4?,7-5?,8-6-,10-7?,11-8?,22-10?,22-11?. The van der Waals surface area contributed by atoms with Crippen LogP contribution in [-0.4, -0.2) is 54.7 Å². The normalized spacial score (nSPS) is 20.6. The minimum absolute atomic E-state index is 0.111. The molecule has 0 aromatic heterocycles. The molecular weight excluding hydrogens is 494 g/mol. The van der Waals surface area contributed by atoms with Crippen molar-refractivity contribution >= 4 is 29.5 Å². The molecule has 1 atom stereocenters. The molecular formula is C31H37N3O5. The number of carbonyl (C=O) groups excluding carboxylic acids is 2. The minimum atomic E-state index is -0.787. The monoisotopic (exact) mass is 531 g/mol. The topological polar surface area (TPSA) is 108 Å². The number of hydrogen-bond donors (Lipinski definition) is 3. The summed E-state index contributed by atoms with van der Waals surface area (Å²) in [6.07, 6.45) is 16.2. The maximum atomic E-state index is 12.8. The average Bonchev–Trinajstić information content (AvgIpc) is 2.86. The van der Waals surface area contributed by atoms with Gasteiger partial charge in [0, 0.05) is 54.5 Å². The minimum Gasteiger partial charge on any atom is -0.488 e. The zero-order valence-corrected chi connectivity index (χ0v) is 22.8. The molecule has 0 saturated heterocycles. The van der Waals surface area contributed by atoms with Crippen molar-refractivity contribution in [1.82, 2.24) is 10.6 Å². The number of carboxylic acids is 1. The van der Waals surface area contributed by atoms with Gasteiger partial charge < -0.3 is 25.4 Å². The number of benzene rings is 1. The van der Waals surface area contributed by atoms with Gasteiger partial charge >= 0.3 is 5.97 Å². The molecule has 8 heteroatoms. The van der Waals surface area contributed by atoms with Crippen LogP contribution in [0.4, 0.5) is 5.69 Å². The fourth-order valence-corrected chi connectivity index (χ4v) is 5.38. The molecule has 2 amide bonds. The first kappa shape index (κ1) is 28.0. The van der Waals surface area contributed by atoms with Crippen LogP contribution in [0.1, 0.15) is 57.1 Å². The molecule has 1 aliphatic carbocycles. The highest BCUT2D eigenvalue weighted by Crippen LogP contribution is 2.46. The first-order valence-electron chi connectivity index (χ1n) is 13.4. The van der Waals surface area contributed by atoms with E-state index in [1.807, 2.05) is 30.4 Å². The molecule has 0 bridgehead atoms. The van der Waals surface area contributed by atoms with Crippen LogP contribution in [0.3, 0.4) is 0 Å². The van der Waals surface area contributed by atoms with Gasteiger partial charge in [0.25, 0.3) is 11.8 Å². The highest BCUT2D eigenvalue weighted by atomic mass is 16.5. The molecule has 0 radical (unpaired) electrons. The summed E-state index contributed by atoms with van der Waals surface area (Å²) in [5.74, 6) is -0.189. The van der Waals surface area contributed by atoms with Crippen molar-refractivity contribution in [3.63, 3.8) is 0 Å². The first-order valence-corrected chi connectivity index (χ1v) is 13.4. The lowest BCUT2D eigenvalue weighted by atomic mass is 9.79. The first-order chi connectivity index (χ1) is 18.7. The van der Waals surface area contributed by atoms with Crippen LogP contribution < -0.4 is 20.3 Å². The third-order valence-corrected chi connectivity index (χ3v) is 7.25. The van der Waals surface area contributed by atoms with Gasteiger partial charge in [0.2, 0.25) is 0 Å². The van der Waals surface area contributed by atoms with Crippen molar-refractivity contribution in [2.75, 3.05) is 31.1 Å². The van der Waals surface area contributed by atoms with Gasteiger partial charge in [-0.15, -0.1) is 0 Å². The van der Waals surface area contributed by atoms with E-state index in [0.717, 1.165) is 23.4 Å². The molecule has 1 unspecified atom stereocenters. The van der Waals surface area contributed by atoms with E-state index < -0.39 is 5.97 Å². The Bertz CT molecular complexity index is 1290. The zero-order chi connectivity index (χ0) is 28.0. The third kappa shape index (κ3) is 6.88. The third-order valence-electron chi connectivity index (χ3n) is 7.25. The van der Waals surface area contributed by atoms with Gasteiger partial charge in [0.1, 0.15) is 12.4 Å². The maximum Gasteiger partial charge on any atom is 0.303 e. The van der Waals surface area contributed by atoms with Gasteiger partial charge in [-0.05, 0) is 62.5 Å². The Kier molecular flexibility index (Phi) is 8.74. The molecule has 2 aliphatic heterocycles. The molecule has 39 heavy (non-hydrogen) atoms. The van der Waals surface area contributed by atoms with E-state index in [4.69, 9.17) is 9.84 Å². The Hall–Kier alpha value is -4.07. The number of nitrogens with one attached hydrogen (secondary N) is 2. The molecule has 1 aromatic rings. The SMILES string of the molecule is CC1CC(C)(C)N(CCCC(=O)O)c2cc3c(cc21)C=C(C(=O)NCCNC(=O)C1=C/C=C\C=C/C=C1)CO3. The van der Waals surface area contributed by atoms with Crippen LogP contribution in [0.5, 0.6) is 5.75 Å². The second-order valence-corrected chi connectivity index (χ2v) is 10.7. The number of nitrogens with zero attached hydrogens (tertiary/aromatic N) is 1. The molecule has 3 aliphatic rings. The predicted octanol–water partition coefficient (Wildman–Crippen LogP) is 4.26. The van der Waals surface area contributed by atoms with E-state index >= 15 is 0 Å². The number of amides is 2. The Labute approximate surface area is 229 Å². The van der Waals surface area contributed by atoms with Crippen LogP contribution in [0.2, 0.25) is 0 Å². The Morgan fingerprint density at radius 1 is 1.05 bits per heavy atom. The maximum absolute atomic E-state index is 12.8. The Morgan fingerprint density at radius 2 is 1.77 bits per heavy atom. The Morgan fingerprint density at radius 3 is 2.54 bits per heavy atom. The van der Waals surface area contributed by atoms with Crippen LogP contribution >= 0.6 is 0 Å². The summed E-state index contributed by atoms with van der Waals surface area (Å²) in [5, 5.41) is 14.8.